The maximum atomic E-state index is 12.5. The molecule has 0 saturated carbocycles. The summed E-state index contributed by atoms with van der Waals surface area (Å²) in [5, 5.41) is 6.62. The first-order valence-electron chi connectivity index (χ1n) is 9.56. The highest BCUT2D eigenvalue weighted by molar-refractivity contribution is 5.79. The number of fused-ring (bicyclic) bond motifs is 2. The van der Waals surface area contributed by atoms with Gasteiger partial charge in [-0.3, -0.25) is 4.79 Å². The summed E-state index contributed by atoms with van der Waals surface area (Å²) in [6.07, 6.45) is 1.82. The van der Waals surface area contributed by atoms with Crippen LogP contribution in [-0.4, -0.2) is 33.4 Å². The van der Waals surface area contributed by atoms with Crippen molar-refractivity contribution >= 4 is 28.0 Å². The summed E-state index contributed by atoms with van der Waals surface area (Å²) in [7, 11) is 0. The molecule has 0 radical (unpaired) electrons. The number of hydrogen-bond acceptors (Lipinski definition) is 5. The smallest absolute Gasteiger partial charge is 0.229 e. The van der Waals surface area contributed by atoms with Crippen LogP contribution in [0.25, 0.3) is 22.1 Å². The Bertz CT molecular complexity index is 1070. The number of hydrogen-bond donors (Lipinski definition) is 3. The number of aromatic nitrogens is 3. The molecule has 2 atom stereocenters. The minimum absolute atomic E-state index is 0.0678. The molecule has 7 nitrogen and oxygen atoms in total. The van der Waals surface area contributed by atoms with Crippen LogP contribution in [0.1, 0.15) is 30.6 Å². The van der Waals surface area contributed by atoms with Crippen molar-refractivity contribution < 1.29 is 9.21 Å². The van der Waals surface area contributed by atoms with E-state index in [0.717, 1.165) is 41.8 Å². The molecule has 4 aromatic rings. The second-order valence-corrected chi connectivity index (χ2v) is 7.19. The molecule has 2 aromatic heterocycles. The lowest BCUT2D eigenvalue weighted by atomic mass is 9.98. The van der Waals surface area contributed by atoms with Gasteiger partial charge in [0.1, 0.15) is 17.8 Å². The molecule has 142 valence electrons. The maximum Gasteiger partial charge on any atom is 0.229 e. The standard InChI is InChI=1S/C21H21N5O2/c27-19(12-20-24-16-7-3-4-8-18(16)28-20)23-13-9-10-22-17(11-13)21-25-14-5-1-2-6-15(14)26-21/h1-8,13,17,22H,9-12H2,(H,23,27)(H,25,26)/t13-,17-/m1/s1. The highest BCUT2D eigenvalue weighted by Crippen LogP contribution is 2.23. The number of rotatable bonds is 4. The molecule has 0 spiro atoms. The van der Waals surface area contributed by atoms with Gasteiger partial charge in [-0.1, -0.05) is 24.3 Å². The van der Waals surface area contributed by atoms with Gasteiger partial charge < -0.3 is 20.0 Å². The van der Waals surface area contributed by atoms with Gasteiger partial charge in [-0.15, -0.1) is 0 Å². The Morgan fingerprint density at radius 2 is 1.93 bits per heavy atom. The van der Waals surface area contributed by atoms with Gasteiger partial charge in [0.15, 0.2) is 5.58 Å². The third-order valence-electron chi connectivity index (χ3n) is 5.16. The van der Waals surface area contributed by atoms with Crippen molar-refractivity contribution in [1.29, 1.82) is 0 Å². The van der Waals surface area contributed by atoms with Gasteiger partial charge >= 0.3 is 0 Å². The molecule has 1 amide bonds. The second-order valence-electron chi connectivity index (χ2n) is 7.19. The summed E-state index contributed by atoms with van der Waals surface area (Å²) < 4.78 is 5.65. The maximum absolute atomic E-state index is 12.5. The van der Waals surface area contributed by atoms with E-state index >= 15 is 0 Å². The number of benzene rings is 2. The van der Waals surface area contributed by atoms with Gasteiger partial charge in [-0.25, -0.2) is 9.97 Å². The quantitative estimate of drug-likeness (QED) is 0.510. The zero-order valence-corrected chi connectivity index (χ0v) is 15.3. The molecule has 3 N–H and O–H groups in total. The fraction of sp³-hybridized carbons (Fsp3) is 0.286. The Morgan fingerprint density at radius 1 is 1.11 bits per heavy atom. The number of carbonyl (C=O) groups is 1. The summed E-state index contributed by atoms with van der Waals surface area (Å²) in [5.74, 6) is 1.29. The van der Waals surface area contributed by atoms with Crippen LogP contribution in [0.2, 0.25) is 0 Å². The first-order valence-corrected chi connectivity index (χ1v) is 9.56. The summed E-state index contributed by atoms with van der Waals surface area (Å²) in [6, 6.07) is 15.7. The van der Waals surface area contributed by atoms with Crippen molar-refractivity contribution in [3.05, 3.63) is 60.2 Å². The average Bonchev–Trinajstić information content (AvgIpc) is 3.31. The molecule has 0 bridgehead atoms. The van der Waals surface area contributed by atoms with Crippen LogP contribution in [0.3, 0.4) is 0 Å². The molecule has 1 fully saturated rings. The van der Waals surface area contributed by atoms with E-state index in [4.69, 9.17) is 4.42 Å². The number of para-hydroxylation sites is 4. The molecule has 7 heteroatoms. The largest absolute Gasteiger partial charge is 0.440 e. The van der Waals surface area contributed by atoms with Gasteiger partial charge in [-0.05, 0) is 43.7 Å². The monoisotopic (exact) mass is 375 g/mol. The molecule has 1 aliphatic heterocycles. The Morgan fingerprint density at radius 3 is 2.79 bits per heavy atom. The van der Waals surface area contributed by atoms with Gasteiger partial charge in [0.2, 0.25) is 11.8 Å². The van der Waals surface area contributed by atoms with E-state index in [1.165, 1.54) is 0 Å². The van der Waals surface area contributed by atoms with E-state index in [9.17, 15) is 4.79 Å². The first kappa shape index (κ1) is 16.9. The number of nitrogens with one attached hydrogen (secondary N) is 3. The number of piperidine rings is 1. The number of carbonyl (C=O) groups excluding carboxylic acids is 1. The highest BCUT2D eigenvalue weighted by Gasteiger charge is 2.26. The molecule has 1 aliphatic rings. The Balaban J connectivity index is 1.24. The van der Waals surface area contributed by atoms with Crippen LogP contribution >= 0.6 is 0 Å². The number of oxazole rings is 1. The molecule has 0 unspecified atom stereocenters. The summed E-state index contributed by atoms with van der Waals surface area (Å²) >= 11 is 0. The van der Waals surface area contributed by atoms with E-state index < -0.39 is 0 Å². The molecule has 3 heterocycles. The predicted octanol–water partition coefficient (Wildman–Crippen LogP) is 2.86. The van der Waals surface area contributed by atoms with Crippen molar-refractivity contribution in [2.75, 3.05) is 6.54 Å². The molecule has 0 aliphatic carbocycles. The molecule has 1 saturated heterocycles. The van der Waals surface area contributed by atoms with Crippen LogP contribution in [0.4, 0.5) is 0 Å². The number of aromatic amines is 1. The first-order chi connectivity index (χ1) is 13.7. The summed E-state index contributed by atoms with van der Waals surface area (Å²) in [4.78, 5) is 24.9. The Hall–Kier alpha value is -3.19. The number of H-pyrrole nitrogens is 1. The lowest BCUT2D eigenvalue weighted by Gasteiger charge is -2.29. The number of imidazole rings is 1. The van der Waals surface area contributed by atoms with Gasteiger partial charge in [0.25, 0.3) is 0 Å². The fourth-order valence-corrected chi connectivity index (χ4v) is 3.81. The summed E-state index contributed by atoms with van der Waals surface area (Å²) in [6.45, 7) is 0.829. The SMILES string of the molecule is O=C(Cc1nc2ccccc2o1)N[C@@H]1CCN[C@@H](c2nc3ccccc3[nH]2)C1. The van der Waals surface area contributed by atoms with Gasteiger partial charge in [0, 0.05) is 6.04 Å². The Kier molecular flexibility index (Phi) is 4.29. The lowest BCUT2D eigenvalue weighted by Crippen LogP contribution is -2.45. The second kappa shape index (κ2) is 7.09. The van der Waals surface area contributed by atoms with Gasteiger partial charge in [0.05, 0.1) is 17.1 Å². The van der Waals surface area contributed by atoms with Gasteiger partial charge in [-0.2, -0.15) is 0 Å². The fourth-order valence-electron chi connectivity index (χ4n) is 3.81. The van der Waals surface area contributed by atoms with Crippen LogP contribution in [0, 0.1) is 0 Å². The van der Waals surface area contributed by atoms with Crippen LogP contribution < -0.4 is 10.6 Å². The Labute approximate surface area is 161 Å². The van der Waals surface area contributed by atoms with E-state index in [0.29, 0.717) is 11.5 Å². The zero-order valence-electron chi connectivity index (χ0n) is 15.3. The third kappa shape index (κ3) is 3.36. The normalized spacial score (nSPS) is 19.9. The van der Waals surface area contributed by atoms with Crippen LogP contribution in [-0.2, 0) is 11.2 Å². The van der Waals surface area contributed by atoms with Crippen molar-refractivity contribution in [3.8, 4) is 0 Å². The van der Waals surface area contributed by atoms with Crippen molar-refractivity contribution in [2.45, 2.75) is 31.3 Å². The number of nitrogens with zero attached hydrogens (tertiary/aromatic N) is 2. The molecular weight excluding hydrogens is 354 g/mol. The zero-order chi connectivity index (χ0) is 18.9. The van der Waals surface area contributed by atoms with E-state index in [1.54, 1.807) is 0 Å². The van der Waals surface area contributed by atoms with E-state index in [1.807, 2.05) is 48.5 Å². The third-order valence-corrected chi connectivity index (χ3v) is 5.16. The number of amides is 1. The van der Waals surface area contributed by atoms with Crippen LogP contribution in [0.5, 0.6) is 0 Å². The molecule has 28 heavy (non-hydrogen) atoms. The highest BCUT2D eigenvalue weighted by atomic mass is 16.3. The van der Waals surface area contributed by atoms with Crippen molar-refractivity contribution in [3.63, 3.8) is 0 Å². The average molecular weight is 375 g/mol. The van der Waals surface area contributed by atoms with Crippen molar-refractivity contribution in [1.82, 2.24) is 25.6 Å². The lowest BCUT2D eigenvalue weighted by molar-refractivity contribution is -0.121. The van der Waals surface area contributed by atoms with Crippen LogP contribution in [0.15, 0.2) is 52.9 Å². The molecule has 2 aromatic carbocycles. The summed E-state index contributed by atoms with van der Waals surface area (Å²) in [5.41, 5.74) is 3.47. The minimum atomic E-state index is -0.0678. The van der Waals surface area contributed by atoms with E-state index in [2.05, 4.69) is 25.6 Å². The molecule has 5 rings (SSSR count). The topological polar surface area (TPSA) is 95.8 Å². The molecular formula is C21H21N5O2. The van der Waals surface area contributed by atoms with E-state index in [-0.39, 0.29) is 24.4 Å². The predicted molar refractivity (Wildman–Crippen MR) is 106 cm³/mol. The van der Waals surface area contributed by atoms with Crippen molar-refractivity contribution in [2.24, 2.45) is 0 Å². The minimum Gasteiger partial charge on any atom is -0.440 e.